The van der Waals surface area contributed by atoms with Crippen LogP contribution in [-0.2, 0) is 11.8 Å². The van der Waals surface area contributed by atoms with Gasteiger partial charge in [-0.25, -0.2) is 4.68 Å². The highest BCUT2D eigenvalue weighted by molar-refractivity contribution is 6.03. The lowest BCUT2D eigenvalue weighted by Gasteiger charge is -2.13. The Balaban J connectivity index is 1.93. The monoisotopic (exact) mass is 420 g/mol. The second-order valence-corrected chi connectivity index (χ2v) is 7.09. The van der Waals surface area contributed by atoms with Crippen molar-refractivity contribution >= 4 is 11.0 Å². The molecule has 0 fully saturated rings. The minimum Gasteiger partial charge on any atom is -0.494 e. The number of para-hydroxylation sites is 1. The Labute approximate surface area is 179 Å². The van der Waals surface area contributed by atoms with Crippen molar-refractivity contribution in [2.75, 3.05) is 27.4 Å². The van der Waals surface area contributed by atoms with Crippen LogP contribution in [0.3, 0.4) is 0 Å². The molecule has 0 aliphatic heterocycles. The van der Waals surface area contributed by atoms with Crippen LogP contribution in [0.25, 0.3) is 33.4 Å². The summed E-state index contributed by atoms with van der Waals surface area (Å²) in [6.45, 7) is 2.80. The summed E-state index contributed by atoms with van der Waals surface area (Å²) in [6, 6.07) is 15.2. The van der Waals surface area contributed by atoms with E-state index in [0.29, 0.717) is 47.1 Å². The molecule has 0 amide bonds. The number of hydrogen-bond acceptors (Lipinski definition) is 6. The van der Waals surface area contributed by atoms with Crippen LogP contribution < -0.4 is 15.0 Å². The van der Waals surface area contributed by atoms with Gasteiger partial charge in [0.05, 0.1) is 19.3 Å². The largest absolute Gasteiger partial charge is 0.494 e. The summed E-state index contributed by atoms with van der Waals surface area (Å²) in [6.07, 6.45) is 0. The molecular formula is C24H24N2O5. The second kappa shape index (κ2) is 8.65. The number of nitrogens with zero attached hydrogens (tertiary/aromatic N) is 2. The van der Waals surface area contributed by atoms with Gasteiger partial charge < -0.3 is 18.6 Å². The Morgan fingerprint density at radius 1 is 1.00 bits per heavy atom. The molecule has 4 rings (SSSR count). The van der Waals surface area contributed by atoms with E-state index < -0.39 is 0 Å². The molecule has 2 aromatic carbocycles. The molecule has 0 saturated heterocycles. The first kappa shape index (κ1) is 20.7. The molecule has 0 atom stereocenters. The van der Waals surface area contributed by atoms with Gasteiger partial charge in [0.2, 0.25) is 0 Å². The Morgan fingerprint density at radius 3 is 2.45 bits per heavy atom. The minimum atomic E-state index is -0.255. The van der Waals surface area contributed by atoms with Gasteiger partial charge in [-0.2, -0.15) is 5.10 Å². The van der Waals surface area contributed by atoms with E-state index in [0.717, 1.165) is 16.7 Å². The molecule has 0 N–H and O–H groups in total. The van der Waals surface area contributed by atoms with Crippen LogP contribution in [0.1, 0.15) is 5.69 Å². The van der Waals surface area contributed by atoms with Crippen molar-refractivity contribution in [1.29, 1.82) is 0 Å². The predicted octanol–water partition coefficient (Wildman–Crippen LogP) is 4.20. The number of aryl methyl sites for hydroxylation is 2. The Hall–Kier alpha value is -3.58. The normalized spacial score (nSPS) is 11.1. The quantitative estimate of drug-likeness (QED) is 0.417. The van der Waals surface area contributed by atoms with Crippen molar-refractivity contribution < 1.29 is 18.6 Å². The Bertz CT molecular complexity index is 1270. The first-order valence-corrected chi connectivity index (χ1v) is 9.91. The molecular weight excluding hydrogens is 396 g/mol. The summed E-state index contributed by atoms with van der Waals surface area (Å²) in [7, 11) is 4.81. The third kappa shape index (κ3) is 3.80. The van der Waals surface area contributed by atoms with Crippen molar-refractivity contribution in [3.8, 4) is 33.9 Å². The third-order valence-corrected chi connectivity index (χ3v) is 5.09. The van der Waals surface area contributed by atoms with Crippen molar-refractivity contribution in [2.45, 2.75) is 6.92 Å². The molecule has 0 spiro atoms. The number of hydrogen-bond donors (Lipinski definition) is 0. The summed E-state index contributed by atoms with van der Waals surface area (Å²) in [5.74, 6) is 1.76. The fourth-order valence-electron chi connectivity index (χ4n) is 3.67. The molecule has 0 unspecified atom stereocenters. The van der Waals surface area contributed by atoms with Gasteiger partial charge in [-0.15, -0.1) is 0 Å². The first-order valence-electron chi connectivity index (χ1n) is 9.91. The highest BCUT2D eigenvalue weighted by Crippen LogP contribution is 2.43. The second-order valence-electron chi connectivity index (χ2n) is 7.09. The first-order chi connectivity index (χ1) is 15.0. The van der Waals surface area contributed by atoms with Crippen LogP contribution in [0, 0.1) is 6.92 Å². The van der Waals surface area contributed by atoms with Gasteiger partial charge in [-0.05, 0) is 37.3 Å². The zero-order valence-electron chi connectivity index (χ0n) is 18.0. The number of aromatic nitrogens is 2. The highest BCUT2D eigenvalue weighted by atomic mass is 16.5. The average Bonchev–Trinajstić information content (AvgIpc) is 3.16. The molecule has 2 aromatic heterocycles. The number of rotatable bonds is 7. The molecule has 31 heavy (non-hydrogen) atoms. The maximum absolute atomic E-state index is 13.2. The van der Waals surface area contributed by atoms with E-state index in [4.69, 9.17) is 18.6 Å². The Morgan fingerprint density at radius 2 is 1.74 bits per heavy atom. The number of furan rings is 1. The van der Waals surface area contributed by atoms with Crippen LogP contribution in [0.4, 0.5) is 0 Å². The van der Waals surface area contributed by atoms with Crippen molar-refractivity contribution in [3.05, 3.63) is 64.6 Å². The van der Waals surface area contributed by atoms with E-state index >= 15 is 0 Å². The fourth-order valence-corrected chi connectivity index (χ4v) is 3.67. The summed E-state index contributed by atoms with van der Waals surface area (Å²) >= 11 is 0. The van der Waals surface area contributed by atoms with Gasteiger partial charge >= 0.3 is 0 Å². The molecule has 0 aliphatic rings. The van der Waals surface area contributed by atoms with E-state index in [1.807, 2.05) is 55.5 Å². The van der Waals surface area contributed by atoms with Gasteiger partial charge in [-0.1, -0.05) is 18.2 Å². The van der Waals surface area contributed by atoms with Crippen LogP contribution >= 0.6 is 0 Å². The molecule has 7 nitrogen and oxygen atoms in total. The molecule has 2 heterocycles. The van der Waals surface area contributed by atoms with Crippen LogP contribution in [0.5, 0.6) is 11.5 Å². The lowest BCUT2D eigenvalue weighted by Crippen LogP contribution is -2.23. The van der Waals surface area contributed by atoms with Gasteiger partial charge in [0.15, 0.2) is 5.75 Å². The minimum absolute atomic E-state index is 0.255. The maximum Gasteiger partial charge on any atom is 0.278 e. The number of fused-ring (bicyclic) bond motifs is 1. The fraction of sp³-hybridized carbons (Fsp3) is 0.250. The number of methoxy groups -OCH3 is 2. The topological polar surface area (TPSA) is 75.7 Å². The lowest BCUT2D eigenvalue weighted by atomic mass is 9.98. The van der Waals surface area contributed by atoms with E-state index in [-0.39, 0.29) is 5.56 Å². The summed E-state index contributed by atoms with van der Waals surface area (Å²) in [5.41, 5.74) is 2.99. The van der Waals surface area contributed by atoms with Gasteiger partial charge in [-0.3, -0.25) is 4.79 Å². The maximum atomic E-state index is 13.2. The van der Waals surface area contributed by atoms with Gasteiger partial charge in [0, 0.05) is 30.7 Å². The highest BCUT2D eigenvalue weighted by Gasteiger charge is 2.25. The Kier molecular flexibility index (Phi) is 5.77. The molecule has 160 valence electrons. The van der Waals surface area contributed by atoms with E-state index in [2.05, 4.69) is 5.10 Å². The number of ether oxygens (including phenoxy) is 3. The SMILES string of the molecule is COCCOc1ccc(-c2oc3ccccc3c2-c2c(OC)c(C)nn(C)c2=O)cc1. The van der Waals surface area contributed by atoms with Gasteiger partial charge in [0.25, 0.3) is 5.56 Å². The zero-order chi connectivity index (χ0) is 22.0. The van der Waals surface area contributed by atoms with Gasteiger partial charge in [0.1, 0.15) is 29.4 Å². The summed E-state index contributed by atoms with van der Waals surface area (Å²) in [4.78, 5) is 13.2. The standard InChI is InChI=1S/C24H24N2O5/c1-15-22(29-4)21(24(27)26(2)25-15)20-18-7-5-6-8-19(18)31-23(20)16-9-11-17(12-10-16)30-14-13-28-3/h5-12H,13-14H2,1-4H3. The summed E-state index contributed by atoms with van der Waals surface area (Å²) in [5, 5.41) is 5.10. The van der Waals surface area contributed by atoms with E-state index in [1.165, 1.54) is 4.68 Å². The molecule has 0 aliphatic carbocycles. The summed E-state index contributed by atoms with van der Waals surface area (Å²) < 4.78 is 23.8. The van der Waals surface area contributed by atoms with Crippen LogP contribution in [0.15, 0.2) is 57.7 Å². The van der Waals surface area contributed by atoms with Crippen LogP contribution in [-0.4, -0.2) is 37.2 Å². The van der Waals surface area contributed by atoms with Crippen molar-refractivity contribution in [1.82, 2.24) is 9.78 Å². The molecule has 4 aromatic rings. The molecule has 0 saturated carbocycles. The smallest absolute Gasteiger partial charge is 0.278 e. The average molecular weight is 420 g/mol. The zero-order valence-corrected chi connectivity index (χ0v) is 18.0. The van der Waals surface area contributed by atoms with E-state index in [1.54, 1.807) is 21.3 Å². The lowest BCUT2D eigenvalue weighted by molar-refractivity contribution is 0.146. The molecule has 0 radical (unpaired) electrons. The van der Waals surface area contributed by atoms with Crippen LogP contribution in [0.2, 0.25) is 0 Å². The predicted molar refractivity (Wildman–Crippen MR) is 119 cm³/mol. The number of benzene rings is 2. The van der Waals surface area contributed by atoms with Crippen molar-refractivity contribution in [2.24, 2.45) is 7.05 Å². The molecule has 0 bridgehead atoms. The van der Waals surface area contributed by atoms with E-state index in [9.17, 15) is 4.79 Å². The molecule has 7 heteroatoms. The van der Waals surface area contributed by atoms with Crippen molar-refractivity contribution in [3.63, 3.8) is 0 Å². The third-order valence-electron chi connectivity index (χ3n) is 5.09.